The van der Waals surface area contributed by atoms with Crippen LogP contribution in [-0.2, 0) is 4.79 Å². The number of nitrogens with one attached hydrogen (secondary N) is 2. The Morgan fingerprint density at radius 2 is 1.78 bits per heavy atom. The number of amides is 2. The second-order valence-corrected chi connectivity index (χ2v) is 6.18. The van der Waals surface area contributed by atoms with Gasteiger partial charge in [0.25, 0.3) is 5.91 Å². The summed E-state index contributed by atoms with van der Waals surface area (Å²) >= 11 is 5.54. The van der Waals surface area contributed by atoms with E-state index in [4.69, 9.17) is 17.3 Å². The molecule has 0 unspecified atom stereocenters. The molecule has 0 saturated carbocycles. The van der Waals surface area contributed by atoms with Gasteiger partial charge in [0.05, 0.1) is 17.5 Å². The number of H-pyrrole nitrogens is 1. The van der Waals surface area contributed by atoms with Crippen LogP contribution in [0.3, 0.4) is 0 Å². The van der Waals surface area contributed by atoms with Crippen molar-refractivity contribution in [1.29, 1.82) is 0 Å². The third-order valence-corrected chi connectivity index (χ3v) is 3.94. The maximum absolute atomic E-state index is 12.1. The average Bonchev–Trinajstić information content (AvgIpc) is 3.12. The number of aromatic amines is 1. The molecule has 27 heavy (non-hydrogen) atoms. The summed E-state index contributed by atoms with van der Waals surface area (Å²) in [7, 11) is 0. The Hall–Kier alpha value is -3.12. The minimum atomic E-state index is -0.448. The number of benzene rings is 2. The highest BCUT2D eigenvalue weighted by atomic mass is 35.5. The molecule has 2 aromatic carbocycles. The number of primary amides is 1. The first-order valence-corrected chi connectivity index (χ1v) is 8.73. The first-order chi connectivity index (χ1) is 13.0. The Balaban J connectivity index is 0.000000313. The van der Waals surface area contributed by atoms with Crippen molar-refractivity contribution in [1.82, 2.24) is 15.5 Å². The molecule has 3 rings (SSSR count). The zero-order chi connectivity index (χ0) is 19.6. The molecule has 0 aliphatic heterocycles. The first-order valence-electron chi connectivity index (χ1n) is 8.35. The molecule has 0 saturated heterocycles. The van der Waals surface area contributed by atoms with Crippen molar-refractivity contribution < 1.29 is 9.59 Å². The van der Waals surface area contributed by atoms with Crippen LogP contribution < -0.4 is 11.1 Å². The number of carbonyl (C=O) groups is 2. The van der Waals surface area contributed by atoms with E-state index in [1.165, 1.54) is 6.20 Å². The molecule has 2 amide bonds. The lowest BCUT2D eigenvalue weighted by Crippen LogP contribution is -2.28. The van der Waals surface area contributed by atoms with Crippen molar-refractivity contribution in [2.45, 2.75) is 13.3 Å². The summed E-state index contributed by atoms with van der Waals surface area (Å²) in [5.74, 6) is -0.727. The third-order valence-electron chi connectivity index (χ3n) is 3.69. The molecule has 1 heterocycles. The molecule has 6 nitrogen and oxygen atoms in total. The quantitative estimate of drug-likeness (QED) is 0.628. The molecule has 0 bridgehead atoms. The van der Waals surface area contributed by atoms with Crippen molar-refractivity contribution in [2.24, 2.45) is 5.73 Å². The lowest BCUT2D eigenvalue weighted by Gasteiger charge is -2.07. The summed E-state index contributed by atoms with van der Waals surface area (Å²) in [6.45, 7) is 2.18. The van der Waals surface area contributed by atoms with E-state index in [0.717, 1.165) is 16.1 Å². The van der Waals surface area contributed by atoms with Crippen molar-refractivity contribution >= 4 is 23.4 Å². The zero-order valence-corrected chi connectivity index (χ0v) is 15.7. The van der Waals surface area contributed by atoms with E-state index >= 15 is 0 Å². The molecule has 140 valence electrons. The zero-order valence-electron chi connectivity index (χ0n) is 14.9. The van der Waals surface area contributed by atoms with E-state index < -0.39 is 5.91 Å². The molecule has 1 aromatic heterocycles. The van der Waals surface area contributed by atoms with E-state index in [1.54, 1.807) is 0 Å². The summed E-state index contributed by atoms with van der Waals surface area (Å²) in [6, 6.07) is 17.2. The monoisotopic (exact) mass is 384 g/mol. The van der Waals surface area contributed by atoms with E-state index in [0.29, 0.717) is 11.3 Å². The molecule has 3 aromatic rings. The summed E-state index contributed by atoms with van der Waals surface area (Å²) < 4.78 is 0. The highest BCUT2D eigenvalue weighted by Gasteiger charge is 2.16. The van der Waals surface area contributed by atoms with Crippen LogP contribution in [0.1, 0.15) is 22.3 Å². The maximum Gasteiger partial charge on any atom is 0.255 e. The first kappa shape index (κ1) is 20.2. The average molecular weight is 385 g/mol. The smallest absolute Gasteiger partial charge is 0.255 e. The SMILES string of the molecule is Cc1ccccc1-c1[nH]ncc1C(=O)NCCC(N)=O.Clc1ccccc1. The van der Waals surface area contributed by atoms with Crippen LogP contribution in [0.4, 0.5) is 0 Å². The van der Waals surface area contributed by atoms with Gasteiger partial charge in [-0.05, 0) is 24.6 Å². The van der Waals surface area contributed by atoms with Gasteiger partial charge < -0.3 is 11.1 Å². The second-order valence-electron chi connectivity index (χ2n) is 5.74. The van der Waals surface area contributed by atoms with Gasteiger partial charge in [0.1, 0.15) is 0 Å². The minimum Gasteiger partial charge on any atom is -0.370 e. The Labute approximate surface area is 162 Å². The molecule has 0 aliphatic carbocycles. The Morgan fingerprint density at radius 3 is 2.37 bits per heavy atom. The number of aromatic nitrogens is 2. The fourth-order valence-electron chi connectivity index (χ4n) is 2.33. The number of nitrogens with zero attached hydrogens (tertiary/aromatic N) is 1. The summed E-state index contributed by atoms with van der Waals surface area (Å²) in [4.78, 5) is 22.7. The molecule has 4 N–H and O–H groups in total. The fraction of sp³-hybridized carbons (Fsp3) is 0.150. The number of halogens is 1. The van der Waals surface area contributed by atoms with Gasteiger partial charge in [-0.3, -0.25) is 14.7 Å². The largest absolute Gasteiger partial charge is 0.370 e. The molecule has 7 heteroatoms. The molecular weight excluding hydrogens is 364 g/mol. The van der Waals surface area contributed by atoms with Gasteiger partial charge in [0, 0.05) is 23.6 Å². The Kier molecular flexibility index (Phi) is 7.58. The molecular formula is C20H21ClN4O2. The van der Waals surface area contributed by atoms with Crippen molar-refractivity contribution in [3.63, 3.8) is 0 Å². The predicted octanol–water partition coefficient (Wildman–Crippen LogP) is 3.33. The number of aryl methyl sites for hydroxylation is 1. The van der Waals surface area contributed by atoms with Gasteiger partial charge in [-0.1, -0.05) is 54.1 Å². The lowest BCUT2D eigenvalue weighted by molar-refractivity contribution is -0.117. The van der Waals surface area contributed by atoms with Gasteiger partial charge in [0.15, 0.2) is 0 Å². The summed E-state index contributed by atoms with van der Waals surface area (Å²) in [5, 5.41) is 10.2. The van der Waals surface area contributed by atoms with Crippen LogP contribution in [0.5, 0.6) is 0 Å². The van der Waals surface area contributed by atoms with Crippen LogP contribution in [0.25, 0.3) is 11.3 Å². The van der Waals surface area contributed by atoms with Gasteiger partial charge in [-0.15, -0.1) is 0 Å². The second kappa shape index (κ2) is 10.1. The number of hydrogen-bond acceptors (Lipinski definition) is 3. The fourth-order valence-corrected chi connectivity index (χ4v) is 2.47. The summed E-state index contributed by atoms with van der Waals surface area (Å²) in [5.41, 5.74) is 8.11. The number of rotatable bonds is 5. The standard InChI is InChI=1S/C14H16N4O2.C6H5Cl/c1-9-4-2-3-5-10(9)13-11(8-17-18-13)14(20)16-7-6-12(15)19;7-6-4-2-1-3-5-6/h2-5,8H,6-7H2,1H3,(H2,15,19)(H,16,20)(H,17,18);1-5H. The van der Waals surface area contributed by atoms with Gasteiger partial charge in [-0.2, -0.15) is 5.10 Å². The highest BCUT2D eigenvalue weighted by molar-refractivity contribution is 6.30. The number of nitrogens with two attached hydrogens (primary N) is 1. The van der Waals surface area contributed by atoms with E-state index in [2.05, 4.69) is 15.5 Å². The van der Waals surface area contributed by atoms with Gasteiger partial charge >= 0.3 is 0 Å². The van der Waals surface area contributed by atoms with E-state index in [-0.39, 0.29) is 18.9 Å². The van der Waals surface area contributed by atoms with Crippen LogP contribution in [0.2, 0.25) is 5.02 Å². The predicted molar refractivity (Wildman–Crippen MR) is 106 cm³/mol. The van der Waals surface area contributed by atoms with Gasteiger partial charge in [0.2, 0.25) is 5.91 Å². The van der Waals surface area contributed by atoms with Crippen LogP contribution in [-0.4, -0.2) is 28.6 Å². The highest BCUT2D eigenvalue weighted by Crippen LogP contribution is 2.24. The molecule has 0 fully saturated rings. The van der Waals surface area contributed by atoms with Crippen LogP contribution in [0.15, 0.2) is 60.8 Å². The minimum absolute atomic E-state index is 0.114. The van der Waals surface area contributed by atoms with Gasteiger partial charge in [-0.25, -0.2) is 0 Å². The lowest BCUT2D eigenvalue weighted by atomic mass is 10.0. The van der Waals surface area contributed by atoms with Crippen molar-refractivity contribution in [3.8, 4) is 11.3 Å². The maximum atomic E-state index is 12.1. The van der Waals surface area contributed by atoms with Crippen LogP contribution in [0, 0.1) is 6.92 Å². The van der Waals surface area contributed by atoms with E-state index in [9.17, 15) is 9.59 Å². The van der Waals surface area contributed by atoms with Crippen molar-refractivity contribution in [2.75, 3.05) is 6.54 Å². The molecule has 0 atom stereocenters. The number of carbonyl (C=O) groups excluding carboxylic acids is 2. The van der Waals surface area contributed by atoms with E-state index in [1.807, 2.05) is 61.5 Å². The Morgan fingerprint density at radius 1 is 1.11 bits per heavy atom. The molecule has 0 aliphatic rings. The number of hydrogen-bond donors (Lipinski definition) is 3. The van der Waals surface area contributed by atoms with Crippen molar-refractivity contribution in [3.05, 3.63) is 76.9 Å². The molecule has 0 spiro atoms. The molecule has 0 radical (unpaired) electrons. The third kappa shape index (κ3) is 6.27. The Bertz CT molecular complexity index is 894. The normalized spacial score (nSPS) is 9.85. The van der Waals surface area contributed by atoms with Crippen LogP contribution >= 0.6 is 11.6 Å². The topological polar surface area (TPSA) is 101 Å². The summed E-state index contributed by atoms with van der Waals surface area (Å²) in [6.07, 6.45) is 1.59.